The van der Waals surface area contributed by atoms with Crippen LogP contribution >= 0.6 is 0 Å². The molecule has 3 rings (SSSR count). The lowest BCUT2D eigenvalue weighted by atomic mass is 9.97. The SMILES string of the molecule is C=C(C)C(=O)OCCCCOc1ccc(-c2ccc(/C=C/C(=O)Oc3ccc(CCOC(=O)C(C)(C)C)cc3)c(F)c2)cc1. The molecule has 0 N–H and O–H groups in total. The molecule has 232 valence electrons. The number of carbonyl (C=O) groups excluding carboxylic acids is 3. The summed E-state index contributed by atoms with van der Waals surface area (Å²) in [6.45, 7) is 11.6. The number of hydrogen-bond donors (Lipinski definition) is 0. The van der Waals surface area contributed by atoms with Crippen molar-refractivity contribution < 1.29 is 37.7 Å². The molecule has 0 aromatic heterocycles. The molecule has 3 aromatic rings. The van der Waals surface area contributed by atoms with Crippen molar-refractivity contribution >= 4 is 24.0 Å². The summed E-state index contributed by atoms with van der Waals surface area (Å²) in [5.41, 5.74) is 2.51. The summed E-state index contributed by atoms with van der Waals surface area (Å²) < 4.78 is 36.2. The zero-order valence-corrected chi connectivity index (χ0v) is 25.7. The molecule has 0 aliphatic carbocycles. The van der Waals surface area contributed by atoms with Gasteiger partial charge in [-0.3, -0.25) is 4.79 Å². The van der Waals surface area contributed by atoms with Gasteiger partial charge in [0.05, 0.1) is 25.2 Å². The number of unbranched alkanes of at least 4 members (excludes halogenated alkanes) is 1. The van der Waals surface area contributed by atoms with Gasteiger partial charge in [-0.2, -0.15) is 0 Å². The second kappa shape index (κ2) is 16.2. The fourth-order valence-corrected chi connectivity index (χ4v) is 3.78. The summed E-state index contributed by atoms with van der Waals surface area (Å²) in [4.78, 5) is 35.5. The minimum Gasteiger partial charge on any atom is -0.494 e. The molecular formula is C36H39FO7. The summed E-state index contributed by atoms with van der Waals surface area (Å²) in [5, 5.41) is 0. The first kappa shape index (κ1) is 33.8. The monoisotopic (exact) mass is 602 g/mol. The van der Waals surface area contributed by atoms with E-state index >= 15 is 0 Å². The Morgan fingerprint density at radius 1 is 0.818 bits per heavy atom. The Balaban J connectivity index is 1.44. The Hall–Kier alpha value is -4.72. The molecule has 0 heterocycles. The Bertz CT molecular complexity index is 1470. The maximum Gasteiger partial charge on any atom is 0.336 e. The first-order chi connectivity index (χ1) is 20.9. The largest absolute Gasteiger partial charge is 0.494 e. The average Bonchev–Trinajstić information content (AvgIpc) is 2.98. The molecule has 0 atom stereocenters. The molecule has 0 amide bonds. The summed E-state index contributed by atoms with van der Waals surface area (Å²) in [6.07, 6.45) is 4.50. The van der Waals surface area contributed by atoms with Crippen molar-refractivity contribution in [2.75, 3.05) is 19.8 Å². The highest BCUT2D eigenvalue weighted by atomic mass is 19.1. The predicted molar refractivity (Wildman–Crippen MR) is 168 cm³/mol. The van der Waals surface area contributed by atoms with Gasteiger partial charge in [0.25, 0.3) is 0 Å². The molecule has 0 aliphatic heterocycles. The van der Waals surface area contributed by atoms with Gasteiger partial charge in [0.15, 0.2) is 0 Å². The molecule has 0 fully saturated rings. The first-order valence-electron chi connectivity index (χ1n) is 14.4. The third kappa shape index (κ3) is 11.2. The van der Waals surface area contributed by atoms with E-state index in [1.807, 2.05) is 24.3 Å². The van der Waals surface area contributed by atoms with Crippen LogP contribution in [0.3, 0.4) is 0 Å². The Morgan fingerprint density at radius 3 is 2.09 bits per heavy atom. The number of carbonyl (C=O) groups is 3. The summed E-state index contributed by atoms with van der Waals surface area (Å²) in [5.74, 6) is -0.728. The molecule has 0 unspecified atom stereocenters. The Kier molecular flexibility index (Phi) is 12.4. The minimum absolute atomic E-state index is 0.250. The highest BCUT2D eigenvalue weighted by Gasteiger charge is 2.22. The van der Waals surface area contributed by atoms with Crippen LogP contribution in [0.25, 0.3) is 17.2 Å². The molecule has 8 heteroatoms. The normalized spacial score (nSPS) is 11.2. The molecule has 44 heavy (non-hydrogen) atoms. The minimum atomic E-state index is -0.635. The van der Waals surface area contributed by atoms with Crippen LogP contribution in [0.5, 0.6) is 11.5 Å². The van der Waals surface area contributed by atoms with Gasteiger partial charge in [0.2, 0.25) is 0 Å². The van der Waals surface area contributed by atoms with Crippen molar-refractivity contribution in [1.29, 1.82) is 0 Å². The molecule has 3 aromatic carbocycles. The van der Waals surface area contributed by atoms with Crippen LogP contribution in [0.2, 0.25) is 0 Å². The van der Waals surface area contributed by atoms with Gasteiger partial charge in [-0.1, -0.05) is 43.0 Å². The van der Waals surface area contributed by atoms with Gasteiger partial charge in [-0.05, 0) is 93.6 Å². The van der Waals surface area contributed by atoms with Crippen molar-refractivity contribution in [1.82, 2.24) is 0 Å². The molecule has 7 nitrogen and oxygen atoms in total. The molecule has 0 aliphatic rings. The van der Waals surface area contributed by atoms with Crippen molar-refractivity contribution in [3.8, 4) is 22.6 Å². The van der Waals surface area contributed by atoms with Gasteiger partial charge in [0.1, 0.15) is 17.3 Å². The zero-order chi connectivity index (χ0) is 32.1. The highest BCUT2D eigenvalue weighted by molar-refractivity contribution is 5.89. The third-order valence-corrected chi connectivity index (χ3v) is 6.35. The topological polar surface area (TPSA) is 88.1 Å². The van der Waals surface area contributed by atoms with E-state index < -0.39 is 23.2 Å². The summed E-state index contributed by atoms with van der Waals surface area (Å²) in [6, 6.07) is 19.0. The highest BCUT2D eigenvalue weighted by Crippen LogP contribution is 2.25. The Labute approximate surface area is 258 Å². The molecule has 0 radical (unpaired) electrons. The summed E-state index contributed by atoms with van der Waals surface area (Å²) >= 11 is 0. The van der Waals surface area contributed by atoms with Crippen LogP contribution in [0.4, 0.5) is 4.39 Å². The van der Waals surface area contributed by atoms with Crippen LogP contribution in [0.15, 0.2) is 85.0 Å². The quantitative estimate of drug-likeness (QED) is 0.0816. The summed E-state index contributed by atoms with van der Waals surface area (Å²) in [7, 11) is 0. The van der Waals surface area contributed by atoms with Crippen molar-refractivity contribution in [2.24, 2.45) is 5.41 Å². The van der Waals surface area contributed by atoms with E-state index in [1.165, 1.54) is 18.2 Å². The molecular weight excluding hydrogens is 563 g/mol. The van der Waals surface area contributed by atoms with Crippen molar-refractivity contribution in [3.05, 3.63) is 102 Å². The standard InChI is InChI=1S/C36H39FO7/c1-25(2)34(39)42-22-7-6-21-41-30-17-12-27(13-18-30)29-11-10-28(32(37)24-29)14-19-33(38)44-31-15-8-26(9-16-31)20-23-43-35(40)36(3,4)5/h8-19,24H,1,6-7,20-23H2,2-5H3/b19-14+. The second-order valence-corrected chi connectivity index (χ2v) is 11.3. The second-order valence-electron chi connectivity index (χ2n) is 11.3. The van der Waals surface area contributed by atoms with E-state index in [0.717, 1.165) is 17.5 Å². The van der Waals surface area contributed by atoms with Crippen LogP contribution in [-0.2, 0) is 30.3 Å². The molecule has 0 spiro atoms. The molecule has 0 saturated heterocycles. The predicted octanol–water partition coefficient (Wildman–Crippen LogP) is 7.52. The molecule has 0 saturated carbocycles. The number of ether oxygens (including phenoxy) is 4. The van der Waals surface area contributed by atoms with Crippen LogP contribution in [0.1, 0.15) is 51.7 Å². The number of rotatable bonds is 14. The van der Waals surface area contributed by atoms with E-state index in [2.05, 4.69) is 6.58 Å². The van der Waals surface area contributed by atoms with Gasteiger partial charge < -0.3 is 18.9 Å². The van der Waals surface area contributed by atoms with Gasteiger partial charge in [-0.15, -0.1) is 0 Å². The van der Waals surface area contributed by atoms with E-state index in [-0.39, 0.29) is 18.1 Å². The fraction of sp³-hybridized carbons (Fsp3) is 0.306. The number of hydrogen-bond acceptors (Lipinski definition) is 7. The fourth-order valence-electron chi connectivity index (χ4n) is 3.78. The number of benzene rings is 3. The lowest BCUT2D eigenvalue weighted by Crippen LogP contribution is -2.23. The first-order valence-corrected chi connectivity index (χ1v) is 14.4. The zero-order valence-electron chi connectivity index (χ0n) is 25.7. The van der Waals surface area contributed by atoms with E-state index in [4.69, 9.17) is 18.9 Å². The maximum absolute atomic E-state index is 14.8. The number of esters is 3. The lowest BCUT2D eigenvalue weighted by molar-refractivity contribution is -0.152. The Morgan fingerprint density at radius 2 is 1.45 bits per heavy atom. The van der Waals surface area contributed by atoms with Gasteiger partial charge in [-0.25, -0.2) is 14.0 Å². The van der Waals surface area contributed by atoms with E-state index in [1.54, 1.807) is 64.1 Å². The third-order valence-electron chi connectivity index (χ3n) is 6.35. The van der Waals surface area contributed by atoms with E-state index in [9.17, 15) is 18.8 Å². The van der Waals surface area contributed by atoms with Crippen molar-refractivity contribution in [3.63, 3.8) is 0 Å². The molecule has 0 bridgehead atoms. The van der Waals surface area contributed by atoms with E-state index in [0.29, 0.717) is 48.7 Å². The average molecular weight is 603 g/mol. The van der Waals surface area contributed by atoms with Crippen LogP contribution < -0.4 is 9.47 Å². The van der Waals surface area contributed by atoms with Gasteiger partial charge >= 0.3 is 17.9 Å². The number of halogens is 1. The van der Waals surface area contributed by atoms with Crippen LogP contribution in [0, 0.1) is 11.2 Å². The lowest BCUT2D eigenvalue weighted by Gasteiger charge is -2.16. The van der Waals surface area contributed by atoms with Crippen LogP contribution in [-0.4, -0.2) is 37.7 Å². The van der Waals surface area contributed by atoms with Crippen molar-refractivity contribution in [2.45, 2.75) is 47.0 Å². The smallest absolute Gasteiger partial charge is 0.336 e. The van der Waals surface area contributed by atoms with Gasteiger partial charge in [0, 0.05) is 23.6 Å². The maximum atomic E-state index is 14.8.